The van der Waals surface area contributed by atoms with Gasteiger partial charge in [0.15, 0.2) is 0 Å². The van der Waals surface area contributed by atoms with Crippen molar-refractivity contribution in [3.05, 3.63) is 35.9 Å². The van der Waals surface area contributed by atoms with E-state index in [0.717, 1.165) is 18.4 Å². The van der Waals surface area contributed by atoms with Gasteiger partial charge in [0.05, 0.1) is 24.5 Å². The maximum absolute atomic E-state index is 12.4. The van der Waals surface area contributed by atoms with Crippen molar-refractivity contribution >= 4 is 11.9 Å². The summed E-state index contributed by atoms with van der Waals surface area (Å²) in [5.41, 5.74) is 0.816. The van der Waals surface area contributed by atoms with Crippen molar-refractivity contribution in [2.45, 2.75) is 31.7 Å². The zero-order chi connectivity index (χ0) is 15.2. The molecule has 2 rings (SSSR count). The normalized spacial score (nSPS) is 23.3. The number of hydrogen-bond acceptors (Lipinski definition) is 3. The van der Waals surface area contributed by atoms with Gasteiger partial charge in [-0.2, -0.15) is 0 Å². The smallest absolute Gasteiger partial charge is 0.307 e. The third-order valence-corrected chi connectivity index (χ3v) is 4.12. The number of aliphatic hydroxyl groups excluding tert-OH is 1. The molecule has 0 heterocycles. The molecule has 5 nitrogen and oxygen atoms in total. The molecule has 0 aromatic heterocycles. The minimum absolute atomic E-state index is 0.208. The Labute approximate surface area is 124 Å². The Morgan fingerprint density at radius 2 is 1.76 bits per heavy atom. The van der Waals surface area contributed by atoms with Crippen molar-refractivity contribution in [3.63, 3.8) is 0 Å². The summed E-state index contributed by atoms with van der Waals surface area (Å²) in [6.07, 6.45) is 2.86. The van der Waals surface area contributed by atoms with Crippen LogP contribution in [0, 0.1) is 11.8 Å². The van der Waals surface area contributed by atoms with Crippen LogP contribution in [0.4, 0.5) is 0 Å². The Bertz CT molecular complexity index is 488. The molecule has 2 unspecified atom stereocenters. The molecule has 3 N–H and O–H groups in total. The lowest BCUT2D eigenvalue weighted by molar-refractivity contribution is -0.149. The number of nitrogens with one attached hydrogen (secondary N) is 1. The van der Waals surface area contributed by atoms with Gasteiger partial charge in [-0.3, -0.25) is 9.59 Å². The van der Waals surface area contributed by atoms with Gasteiger partial charge in [0, 0.05) is 0 Å². The van der Waals surface area contributed by atoms with Crippen molar-refractivity contribution in [2.75, 3.05) is 6.61 Å². The van der Waals surface area contributed by atoms with Gasteiger partial charge in [-0.15, -0.1) is 0 Å². The lowest BCUT2D eigenvalue weighted by Crippen LogP contribution is -2.42. The second-order valence-electron chi connectivity index (χ2n) is 5.49. The number of carboxylic acid groups (broad SMARTS) is 1. The van der Waals surface area contributed by atoms with Crippen molar-refractivity contribution < 1.29 is 19.8 Å². The number of benzene rings is 1. The first-order valence-electron chi connectivity index (χ1n) is 7.32. The summed E-state index contributed by atoms with van der Waals surface area (Å²) in [6.45, 7) is -0.208. The molecule has 21 heavy (non-hydrogen) atoms. The van der Waals surface area contributed by atoms with E-state index in [1.54, 1.807) is 0 Å². The molecule has 0 saturated heterocycles. The molecule has 1 aromatic rings. The Morgan fingerprint density at radius 3 is 2.33 bits per heavy atom. The highest BCUT2D eigenvalue weighted by molar-refractivity contribution is 5.85. The average molecular weight is 291 g/mol. The maximum atomic E-state index is 12.4. The SMILES string of the molecule is O=C(O)C1CCCCC1C(=O)N[C@@H](CO)c1ccccc1. The van der Waals surface area contributed by atoms with Crippen LogP contribution < -0.4 is 5.32 Å². The van der Waals surface area contributed by atoms with E-state index in [1.807, 2.05) is 30.3 Å². The summed E-state index contributed by atoms with van der Waals surface area (Å²) in [4.78, 5) is 23.6. The maximum Gasteiger partial charge on any atom is 0.307 e. The molecule has 1 aliphatic rings. The molecule has 1 saturated carbocycles. The highest BCUT2D eigenvalue weighted by Crippen LogP contribution is 2.31. The fourth-order valence-corrected chi connectivity index (χ4v) is 2.94. The molecule has 114 valence electrons. The van der Waals surface area contributed by atoms with Gasteiger partial charge in [-0.05, 0) is 18.4 Å². The largest absolute Gasteiger partial charge is 0.481 e. The molecule has 1 fully saturated rings. The molecule has 0 bridgehead atoms. The highest BCUT2D eigenvalue weighted by atomic mass is 16.4. The lowest BCUT2D eigenvalue weighted by atomic mass is 9.78. The van der Waals surface area contributed by atoms with Crippen LogP contribution in [0.3, 0.4) is 0 Å². The van der Waals surface area contributed by atoms with Crippen LogP contribution in [0.1, 0.15) is 37.3 Å². The van der Waals surface area contributed by atoms with Gasteiger partial charge < -0.3 is 15.5 Å². The van der Waals surface area contributed by atoms with E-state index in [2.05, 4.69) is 5.32 Å². The Morgan fingerprint density at radius 1 is 1.14 bits per heavy atom. The van der Waals surface area contributed by atoms with Crippen molar-refractivity contribution in [1.29, 1.82) is 0 Å². The predicted molar refractivity (Wildman–Crippen MR) is 77.5 cm³/mol. The topological polar surface area (TPSA) is 86.6 Å². The van der Waals surface area contributed by atoms with E-state index in [-0.39, 0.29) is 12.5 Å². The molecule has 1 amide bonds. The Balaban J connectivity index is 2.06. The number of carboxylic acids is 1. The minimum atomic E-state index is -0.907. The summed E-state index contributed by atoms with van der Waals surface area (Å²) >= 11 is 0. The van der Waals surface area contributed by atoms with E-state index in [9.17, 15) is 19.8 Å². The van der Waals surface area contributed by atoms with E-state index in [1.165, 1.54) is 0 Å². The molecular formula is C16H21NO4. The van der Waals surface area contributed by atoms with Crippen LogP contribution in [0.15, 0.2) is 30.3 Å². The predicted octanol–water partition coefficient (Wildman–Crippen LogP) is 1.73. The highest BCUT2D eigenvalue weighted by Gasteiger charge is 2.36. The quantitative estimate of drug-likeness (QED) is 0.771. The summed E-state index contributed by atoms with van der Waals surface area (Å²) < 4.78 is 0. The first kappa shape index (κ1) is 15.5. The third kappa shape index (κ3) is 3.82. The van der Waals surface area contributed by atoms with E-state index in [0.29, 0.717) is 12.8 Å². The lowest BCUT2D eigenvalue weighted by Gasteiger charge is -2.29. The Kier molecular flexibility index (Phi) is 5.33. The molecule has 5 heteroatoms. The molecular weight excluding hydrogens is 270 g/mol. The van der Waals surface area contributed by atoms with Gasteiger partial charge in [-0.1, -0.05) is 43.2 Å². The number of hydrogen-bond donors (Lipinski definition) is 3. The molecule has 3 atom stereocenters. The van der Waals surface area contributed by atoms with Crippen LogP contribution in [-0.2, 0) is 9.59 Å². The van der Waals surface area contributed by atoms with Gasteiger partial charge >= 0.3 is 5.97 Å². The summed E-state index contributed by atoms with van der Waals surface area (Å²) in [7, 11) is 0. The number of rotatable bonds is 5. The van der Waals surface area contributed by atoms with Crippen LogP contribution in [0.25, 0.3) is 0 Å². The van der Waals surface area contributed by atoms with E-state index in [4.69, 9.17) is 0 Å². The number of carbonyl (C=O) groups is 2. The van der Waals surface area contributed by atoms with E-state index >= 15 is 0 Å². The zero-order valence-corrected chi connectivity index (χ0v) is 11.9. The average Bonchev–Trinajstić information content (AvgIpc) is 2.53. The van der Waals surface area contributed by atoms with Crippen LogP contribution in [0.2, 0.25) is 0 Å². The Hall–Kier alpha value is -1.88. The first-order valence-corrected chi connectivity index (χ1v) is 7.32. The fraction of sp³-hybridized carbons (Fsp3) is 0.500. The fourth-order valence-electron chi connectivity index (χ4n) is 2.94. The number of aliphatic hydroxyl groups is 1. The third-order valence-electron chi connectivity index (χ3n) is 4.12. The molecule has 1 aromatic carbocycles. The molecule has 1 aliphatic carbocycles. The van der Waals surface area contributed by atoms with Crippen LogP contribution in [0.5, 0.6) is 0 Å². The standard InChI is InChI=1S/C16H21NO4/c18-10-14(11-6-2-1-3-7-11)17-15(19)12-8-4-5-9-13(12)16(20)21/h1-3,6-7,12-14,18H,4-5,8-10H2,(H,17,19)(H,20,21)/t12?,13?,14-/m0/s1. The van der Waals surface area contributed by atoms with Crippen molar-refractivity contribution in [3.8, 4) is 0 Å². The van der Waals surface area contributed by atoms with Crippen molar-refractivity contribution in [1.82, 2.24) is 5.32 Å². The van der Waals surface area contributed by atoms with Crippen molar-refractivity contribution in [2.24, 2.45) is 11.8 Å². The summed E-state index contributed by atoms with van der Waals surface area (Å²) in [5, 5.41) is 21.5. The van der Waals surface area contributed by atoms with Gasteiger partial charge in [-0.25, -0.2) is 0 Å². The molecule has 0 radical (unpaired) electrons. The second kappa shape index (κ2) is 7.22. The summed E-state index contributed by atoms with van der Waals surface area (Å²) in [5.74, 6) is -2.30. The number of carbonyl (C=O) groups excluding carboxylic acids is 1. The number of aliphatic carboxylic acids is 1. The van der Waals surface area contributed by atoms with Gasteiger partial charge in [0.25, 0.3) is 0 Å². The zero-order valence-electron chi connectivity index (χ0n) is 11.9. The van der Waals surface area contributed by atoms with E-state index < -0.39 is 23.8 Å². The van der Waals surface area contributed by atoms with Crippen LogP contribution in [-0.4, -0.2) is 28.7 Å². The van der Waals surface area contributed by atoms with Gasteiger partial charge in [0.2, 0.25) is 5.91 Å². The van der Waals surface area contributed by atoms with Crippen LogP contribution >= 0.6 is 0 Å². The molecule has 0 spiro atoms. The summed E-state index contributed by atoms with van der Waals surface area (Å²) in [6, 6.07) is 8.71. The first-order chi connectivity index (χ1) is 10.1. The minimum Gasteiger partial charge on any atom is -0.481 e. The molecule has 0 aliphatic heterocycles. The number of amides is 1. The monoisotopic (exact) mass is 291 g/mol. The van der Waals surface area contributed by atoms with Gasteiger partial charge in [0.1, 0.15) is 0 Å². The second-order valence-corrected chi connectivity index (χ2v) is 5.49.